The summed E-state index contributed by atoms with van der Waals surface area (Å²) in [7, 11) is 0. The summed E-state index contributed by atoms with van der Waals surface area (Å²) in [5.74, 6) is -1.45. The van der Waals surface area contributed by atoms with Crippen LogP contribution in [0.4, 0.5) is 26.3 Å². The van der Waals surface area contributed by atoms with Gasteiger partial charge < -0.3 is 0 Å². The minimum absolute atomic E-state index is 0.309. The molecule has 1 aromatic carbocycles. The molecule has 7 heteroatoms. The fraction of sp³-hybridized carbons (Fsp3) is 0.462. The predicted molar refractivity (Wildman–Crippen MR) is 58.1 cm³/mol. The number of hydrogen-bond acceptors (Lipinski definition) is 1. The number of halogens is 6. The predicted octanol–water partition coefficient (Wildman–Crippen LogP) is 4.71. The molecule has 1 fully saturated rings. The van der Waals surface area contributed by atoms with Crippen LogP contribution < -0.4 is 0 Å². The van der Waals surface area contributed by atoms with Gasteiger partial charge in [0.15, 0.2) is 5.78 Å². The first-order valence-electron chi connectivity index (χ1n) is 5.93. The smallest absolute Gasteiger partial charge is 0.294 e. The van der Waals surface area contributed by atoms with Crippen molar-refractivity contribution in [3.05, 3.63) is 34.9 Å². The lowest BCUT2D eigenvalue weighted by atomic mass is 9.78. The van der Waals surface area contributed by atoms with Gasteiger partial charge in [-0.15, -0.1) is 0 Å². The quantitative estimate of drug-likeness (QED) is 0.570. The minimum Gasteiger partial charge on any atom is -0.294 e. The summed E-state index contributed by atoms with van der Waals surface area (Å²) in [6.45, 7) is 0. The van der Waals surface area contributed by atoms with E-state index in [1.54, 1.807) is 0 Å². The van der Waals surface area contributed by atoms with E-state index >= 15 is 0 Å². The molecule has 0 aliphatic heterocycles. The molecular formula is C13H10F6O. The van der Waals surface area contributed by atoms with Crippen LogP contribution in [-0.2, 0) is 12.4 Å². The number of hydrogen-bond donors (Lipinski definition) is 0. The lowest BCUT2D eigenvalue weighted by Gasteiger charge is -2.25. The van der Waals surface area contributed by atoms with E-state index in [-0.39, 0.29) is 0 Å². The third-order valence-corrected chi connectivity index (χ3v) is 3.39. The maximum Gasteiger partial charge on any atom is 0.417 e. The van der Waals surface area contributed by atoms with Gasteiger partial charge in [-0.1, -0.05) is 6.42 Å². The second-order valence-corrected chi connectivity index (χ2v) is 4.75. The van der Waals surface area contributed by atoms with E-state index in [0.717, 1.165) is 0 Å². The molecule has 20 heavy (non-hydrogen) atoms. The van der Waals surface area contributed by atoms with Gasteiger partial charge in [-0.25, -0.2) is 0 Å². The minimum atomic E-state index is -4.85. The monoisotopic (exact) mass is 296 g/mol. The number of ketones is 1. The Bertz CT molecular complexity index is 525. The molecule has 1 nitrogen and oxygen atoms in total. The van der Waals surface area contributed by atoms with Gasteiger partial charge in [-0.2, -0.15) is 26.3 Å². The van der Waals surface area contributed by atoms with E-state index < -0.39 is 40.7 Å². The molecule has 0 amide bonds. The molecule has 1 aliphatic carbocycles. The molecule has 0 atom stereocenters. The molecule has 0 N–H and O–H groups in total. The number of carbonyl (C=O) groups is 1. The standard InChI is InChI=1S/C13H10F6O/c14-12(15,16)8-4-5-10(13(17,18)19)9(6-8)11(20)7-2-1-3-7/h4-7H,1-3H2. The molecule has 110 valence electrons. The lowest BCUT2D eigenvalue weighted by Crippen LogP contribution is -2.25. The average Bonchev–Trinajstić information content (AvgIpc) is 2.23. The zero-order valence-electron chi connectivity index (χ0n) is 10.1. The van der Waals surface area contributed by atoms with Crippen LogP contribution in [0.2, 0.25) is 0 Å². The highest BCUT2D eigenvalue weighted by molar-refractivity contribution is 6.00. The Morgan fingerprint density at radius 2 is 1.60 bits per heavy atom. The van der Waals surface area contributed by atoms with Gasteiger partial charge >= 0.3 is 12.4 Å². The van der Waals surface area contributed by atoms with Crippen LogP contribution in [-0.4, -0.2) is 5.78 Å². The van der Waals surface area contributed by atoms with Gasteiger partial charge in [-0.05, 0) is 31.0 Å². The second kappa shape index (κ2) is 4.79. The molecule has 1 aromatic rings. The van der Waals surface area contributed by atoms with E-state index in [2.05, 4.69) is 0 Å². The number of Topliss-reactive ketones (excluding diaryl/α,β-unsaturated/α-hetero) is 1. The van der Waals surface area contributed by atoms with Crippen molar-refractivity contribution in [2.75, 3.05) is 0 Å². The van der Waals surface area contributed by atoms with Crippen molar-refractivity contribution >= 4 is 5.78 Å². The Morgan fingerprint density at radius 3 is 2.00 bits per heavy atom. The summed E-state index contributed by atoms with van der Waals surface area (Å²) in [5.41, 5.74) is -3.42. The fourth-order valence-corrected chi connectivity index (χ4v) is 2.06. The van der Waals surface area contributed by atoms with E-state index in [0.29, 0.717) is 37.5 Å². The second-order valence-electron chi connectivity index (χ2n) is 4.75. The van der Waals surface area contributed by atoms with Gasteiger partial charge in [0.1, 0.15) is 0 Å². The zero-order valence-corrected chi connectivity index (χ0v) is 10.1. The van der Waals surface area contributed by atoms with E-state index in [4.69, 9.17) is 0 Å². The summed E-state index contributed by atoms with van der Waals surface area (Å²) in [5, 5.41) is 0. The Morgan fingerprint density at radius 1 is 1.00 bits per heavy atom. The summed E-state index contributed by atoms with van der Waals surface area (Å²) in [6, 6.07) is 0.985. The number of alkyl halides is 6. The SMILES string of the molecule is O=C(c1cc(C(F)(F)F)ccc1C(F)(F)F)C1CCC1. The molecular weight excluding hydrogens is 286 g/mol. The normalized spacial score (nSPS) is 16.9. The summed E-state index contributed by atoms with van der Waals surface area (Å²) < 4.78 is 76.1. The highest BCUT2D eigenvalue weighted by atomic mass is 19.4. The van der Waals surface area contributed by atoms with Crippen LogP contribution in [0.5, 0.6) is 0 Å². The maximum atomic E-state index is 12.8. The van der Waals surface area contributed by atoms with Crippen molar-refractivity contribution in [3.8, 4) is 0 Å². The number of carbonyl (C=O) groups excluding carboxylic acids is 1. The van der Waals surface area contributed by atoms with Crippen molar-refractivity contribution in [2.24, 2.45) is 5.92 Å². The third-order valence-electron chi connectivity index (χ3n) is 3.39. The molecule has 0 saturated heterocycles. The first-order chi connectivity index (χ1) is 9.10. The molecule has 2 rings (SSSR count). The highest BCUT2D eigenvalue weighted by Crippen LogP contribution is 2.39. The topological polar surface area (TPSA) is 17.1 Å². The first-order valence-corrected chi connectivity index (χ1v) is 5.93. The van der Waals surface area contributed by atoms with Crippen molar-refractivity contribution in [1.29, 1.82) is 0 Å². The zero-order chi connectivity index (χ0) is 15.1. The van der Waals surface area contributed by atoms with Crippen LogP contribution in [0.25, 0.3) is 0 Å². The Labute approximate surface area is 110 Å². The molecule has 0 unspecified atom stereocenters. The van der Waals surface area contributed by atoms with Gasteiger partial charge in [0, 0.05) is 11.5 Å². The molecule has 1 saturated carbocycles. The van der Waals surface area contributed by atoms with Crippen LogP contribution in [0.3, 0.4) is 0 Å². The number of benzene rings is 1. The highest BCUT2D eigenvalue weighted by Gasteiger charge is 2.40. The van der Waals surface area contributed by atoms with Crippen LogP contribution >= 0.6 is 0 Å². The Balaban J connectivity index is 2.51. The number of rotatable bonds is 2. The molecule has 1 aliphatic rings. The van der Waals surface area contributed by atoms with Crippen LogP contribution in [0.1, 0.15) is 40.7 Å². The van der Waals surface area contributed by atoms with Gasteiger partial charge in [0.25, 0.3) is 0 Å². The van der Waals surface area contributed by atoms with Crippen molar-refractivity contribution in [3.63, 3.8) is 0 Å². The van der Waals surface area contributed by atoms with Crippen molar-refractivity contribution < 1.29 is 31.1 Å². The summed E-state index contributed by atoms with van der Waals surface area (Å²) in [6.07, 6.45) is -8.08. The van der Waals surface area contributed by atoms with E-state index in [1.165, 1.54) is 0 Å². The van der Waals surface area contributed by atoms with Gasteiger partial charge in [0.05, 0.1) is 11.1 Å². The summed E-state index contributed by atoms with van der Waals surface area (Å²) >= 11 is 0. The summed E-state index contributed by atoms with van der Waals surface area (Å²) in [4.78, 5) is 11.9. The van der Waals surface area contributed by atoms with Crippen LogP contribution in [0, 0.1) is 5.92 Å². The van der Waals surface area contributed by atoms with Crippen LogP contribution in [0.15, 0.2) is 18.2 Å². The maximum absolute atomic E-state index is 12.8. The largest absolute Gasteiger partial charge is 0.417 e. The molecule has 0 bridgehead atoms. The van der Waals surface area contributed by atoms with Crippen molar-refractivity contribution in [2.45, 2.75) is 31.6 Å². The lowest BCUT2D eigenvalue weighted by molar-refractivity contribution is -0.141. The molecule has 0 heterocycles. The molecule has 0 spiro atoms. The van der Waals surface area contributed by atoms with E-state index in [9.17, 15) is 31.1 Å². The Hall–Kier alpha value is -1.53. The Kier molecular flexibility index (Phi) is 3.56. The van der Waals surface area contributed by atoms with Gasteiger partial charge in [-0.3, -0.25) is 4.79 Å². The first kappa shape index (κ1) is 14.9. The third kappa shape index (κ3) is 2.81. The molecule has 0 radical (unpaired) electrons. The van der Waals surface area contributed by atoms with E-state index in [1.807, 2.05) is 0 Å². The average molecular weight is 296 g/mol. The van der Waals surface area contributed by atoms with Gasteiger partial charge in [0.2, 0.25) is 0 Å². The fourth-order valence-electron chi connectivity index (χ4n) is 2.06. The molecule has 0 aromatic heterocycles. The van der Waals surface area contributed by atoms with Crippen molar-refractivity contribution in [1.82, 2.24) is 0 Å².